The van der Waals surface area contributed by atoms with Crippen molar-refractivity contribution in [1.82, 2.24) is 10.4 Å². The molecular formula is C10H13N3. The van der Waals surface area contributed by atoms with E-state index in [1.165, 1.54) is 0 Å². The SMILES string of the molecule is C#CCCC(NN)c1ccccn1. The first-order chi connectivity index (χ1) is 6.38. The second-order valence-electron chi connectivity index (χ2n) is 2.72. The molecule has 0 aliphatic heterocycles. The monoisotopic (exact) mass is 175 g/mol. The van der Waals surface area contributed by atoms with Gasteiger partial charge in [0.05, 0.1) is 11.7 Å². The number of rotatable bonds is 4. The van der Waals surface area contributed by atoms with Gasteiger partial charge in [0, 0.05) is 12.6 Å². The zero-order chi connectivity index (χ0) is 9.52. The van der Waals surface area contributed by atoms with E-state index in [-0.39, 0.29) is 6.04 Å². The fourth-order valence-corrected chi connectivity index (χ4v) is 1.13. The van der Waals surface area contributed by atoms with Gasteiger partial charge in [-0.15, -0.1) is 12.3 Å². The summed E-state index contributed by atoms with van der Waals surface area (Å²) in [5, 5.41) is 0. The highest BCUT2D eigenvalue weighted by Crippen LogP contribution is 2.13. The van der Waals surface area contributed by atoms with Crippen LogP contribution in [0.4, 0.5) is 0 Å². The molecule has 0 fully saturated rings. The van der Waals surface area contributed by atoms with Gasteiger partial charge in [-0.1, -0.05) is 6.07 Å². The van der Waals surface area contributed by atoms with Crippen molar-refractivity contribution in [3.05, 3.63) is 30.1 Å². The molecule has 0 bridgehead atoms. The summed E-state index contributed by atoms with van der Waals surface area (Å²) in [5.41, 5.74) is 3.63. The molecule has 0 radical (unpaired) electrons. The average Bonchev–Trinajstić information content (AvgIpc) is 2.21. The zero-order valence-electron chi connectivity index (χ0n) is 7.40. The predicted octanol–water partition coefficient (Wildman–Crippen LogP) is 0.999. The number of hydrogen-bond acceptors (Lipinski definition) is 3. The van der Waals surface area contributed by atoms with Gasteiger partial charge in [-0.3, -0.25) is 16.3 Å². The van der Waals surface area contributed by atoms with Crippen LogP contribution in [0.2, 0.25) is 0 Å². The van der Waals surface area contributed by atoms with Crippen LogP contribution in [-0.2, 0) is 0 Å². The Morgan fingerprint density at radius 3 is 3.00 bits per heavy atom. The summed E-state index contributed by atoms with van der Waals surface area (Å²) in [4.78, 5) is 4.19. The predicted molar refractivity (Wildman–Crippen MR) is 52.4 cm³/mol. The maximum Gasteiger partial charge on any atom is 0.0641 e. The van der Waals surface area contributed by atoms with Gasteiger partial charge in [-0.05, 0) is 18.6 Å². The van der Waals surface area contributed by atoms with Crippen molar-refractivity contribution in [1.29, 1.82) is 0 Å². The van der Waals surface area contributed by atoms with E-state index in [0.29, 0.717) is 6.42 Å². The summed E-state index contributed by atoms with van der Waals surface area (Å²) in [7, 11) is 0. The van der Waals surface area contributed by atoms with Gasteiger partial charge in [0.1, 0.15) is 0 Å². The number of nitrogens with zero attached hydrogens (tertiary/aromatic N) is 1. The van der Waals surface area contributed by atoms with Gasteiger partial charge in [-0.25, -0.2) is 0 Å². The minimum Gasteiger partial charge on any atom is -0.271 e. The summed E-state index contributed by atoms with van der Waals surface area (Å²) in [5.74, 6) is 7.97. The molecule has 1 atom stereocenters. The van der Waals surface area contributed by atoms with Crippen molar-refractivity contribution in [2.75, 3.05) is 0 Å². The van der Waals surface area contributed by atoms with Crippen molar-refractivity contribution in [2.24, 2.45) is 5.84 Å². The first-order valence-electron chi connectivity index (χ1n) is 4.19. The summed E-state index contributed by atoms with van der Waals surface area (Å²) in [6.07, 6.45) is 8.43. The normalized spacial score (nSPS) is 12.0. The number of hydrazine groups is 1. The largest absolute Gasteiger partial charge is 0.271 e. The Morgan fingerprint density at radius 2 is 2.46 bits per heavy atom. The van der Waals surface area contributed by atoms with E-state index >= 15 is 0 Å². The number of nitrogens with two attached hydrogens (primary N) is 1. The smallest absolute Gasteiger partial charge is 0.0641 e. The fourth-order valence-electron chi connectivity index (χ4n) is 1.13. The molecule has 1 aromatic heterocycles. The summed E-state index contributed by atoms with van der Waals surface area (Å²) < 4.78 is 0. The van der Waals surface area contributed by atoms with Gasteiger partial charge < -0.3 is 0 Å². The summed E-state index contributed by atoms with van der Waals surface area (Å²) >= 11 is 0. The van der Waals surface area contributed by atoms with Gasteiger partial charge in [0.2, 0.25) is 0 Å². The number of pyridine rings is 1. The average molecular weight is 175 g/mol. The minimum atomic E-state index is 0.0530. The molecule has 0 aromatic carbocycles. The van der Waals surface area contributed by atoms with Crippen LogP contribution >= 0.6 is 0 Å². The first-order valence-corrected chi connectivity index (χ1v) is 4.19. The van der Waals surface area contributed by atoms with Crippen LogP contribution in [0.15, 0.2) is 24.4 Å². The van der Waals surface area contributed by atoms with Crippen molar-refractivity contribution >= 4 is 0 Å². The van der Waals surface area contributed by atoms with Crippen LogP contribution in [0.5, 0.6) is 0 Å². The van der Waals surface area contributed by atoms with Crippen LogP contribution in [0, 0.1) is 12.3 Å². The third kappa shape index (κ3) is 2.86. The highest BCUT2D eigenvalue weighted by molar-refractivity contribution is 5.08. The van der Waals surface area contributed by atoms with Crippen molar-refractivity contribution in [3.8, 4) is 12.3 Å². The molecule has 3 heteroatoms. The molecule has 1 unspecified atom stereocenters. The maximum atomic E-state index is 5.39. The van der Waals surface area contributed by atoms with E-state index < -0.39 is 0 Å². The lowest BCUT2D eigenvalue weighted by Gasteiger charge is -2.12. The maximum absolute atomic E-state index is 5.39. The van der Waals surface area contributed by atoms with Gasteiger partial charge in [0.15, 0.2) is 0 Å². The van der Waals surface area contributed by atoms with E-state index in [2.05, 4.69) is 16.3 Å². The first kappa shape index (κ1) is 9.72. The molecule has 1 rings (SSSR count). The molecule has 1 aromatic rings. The molecule has 0 saturated heterocycles. The molecule has 0 amide bonds. The Bertz CT molecular complexity index is 276. The van der Waals surface area contributed by atoms with E-state index in [0.717, 1.165) is 12.1 Å². The van der Waals surface area contributed by atoms with E-state index in [4.69, 9.17) is 12.3 Å². The van der Waals surface area contributed by atoms with Crippen LogP contribution < -0.4 is 11.3 Å². The molecule has 0 aliphatic rings. The van der Waals surface area contributed by atoms with Crippen LogP contribution in [-0.4, -0.2) is 4.98 Å². The molecule has 3 N–H and O–H groups in total. The molecule has 0 saturated carbocycles. The number of nitrogens with one attached hydrogen (secondary N) is 1. The molecule has 13 heavy (non-hydrogen) atoms. The molecule has 1 heterocycles. The topological polar surface area (TPSA) is 50.9 Å². The Balaban J connectivity index is 2.63. The second-order valence-corrected chi connectivity index (χ2v) is 2.72. The summed E-state index contributed by atoms with van der Waals surface area (Å²) in [6, 6.07) is 5.79. The van der Waals surface area contributed by atoms with E-state index in [1.807, 2.05) is 18.2 Å². The van der Waals surface area contributed by atoms with Crippen molar-refractivity contribution in [2.45, 2.75) is 18.9 Å². The quantitative estimate of drug-likeness (QED) is 0.408. The Labute approximate surface area is 78.3 Å². The van der Waals surface area contributed by atoms with Crippen LogP contribution in [0.1, 0.15) is 24.6 Å². The van der Waals surface area contributed by atoms with E-state index in [9.17, 15) is 0 Å². The van der Waals surface area contributed by atoms with Crippen LogP contribution in [0.25, 0.3) is 0 Å². The number of terminal acetylenes is 1. The standard InChI is InChI=1S/C10H13N3/c1-2-3-6-10(13-11)9-7-4-5-8-12-9/h1,4-5,7-8,10,13H,3,6,11H2. The Morgan fingerprint density at radius 1 is 1.62 bits per heavy atom. The zero-order valence-corrected chi connectivity index (χ0v) is 7.40. The van der Waals surface area contributed by atoms with Crippen molar-refractivity contribution in [3.63, 3.8) is 0 Å². The second kappa shape index (κ2) is 5.31. The lowest BCUT2D eigenvalue weighted by atomic mass is 10.1. The Hall–Kier alpha value is -1.37. The van der Waals surface area contributed by atoms with Crippen LogP contribution in [0.3, 0.4) is 0 Å². The lowest BCUT2D eigenvalue weighted by Crippen LogP contribution is -2.28. The molecule has 0 aliphatic carbocycles. The highest BCUT2D eigenvalue weighted by Gasteiger charge is 2.08. The Kier molecular flexibility index (Phi) is 3.97. The molecular weight excluding hydrogens is 162 g/mol. The molecule has 68 valence electrons. The van der Waals surface area contributed by atoms with Gasteiger partial charge in [0.25, 0.3) is 0 Å². The molecule has 0 spiro atoms. The highest BCUT2D eigenvalue weighted by atomic mass is 15.2. The van der Waals surface area contributed by atoms with Gasteiger partial charge >= 0.3 is 0 Å². The third-order valence-electron chi connectivity index (χ3n) is 1.82. The minimum absolute atomic E-state index is 0.0530. The molecule has 3 nitrogen and oxygen atoms in total. The number of hydrogen-bond donors (Lipinski definition) is 2. The summed E-state index contributed by atoms with van der Waals surface area (Å²) in [6.45, 7) is 0. The number of aromatic nitrogens is 1. The van der Waals surface area contributed by atoms with E-state index in [1.54, 1.807) is 6.20 Å². The fraction of sp³-hybridized carbons (Fsp3) is 0.300. The third-order valence-corrected chi connectivity index (χ3v) is 1.82. The lowest BCUT2D eigenvalue weighted by molar-refractivity contribution is 0.511. The van der Waals surface area contributed by atoms with Crippen molar-refractivity contribution < 1.29 is 0 Å². The van der Waals surface area contributed by atoms with Gasteiger partial charge in [-0.2, -0.15) is 0 Å².